The van der Waals surface area contributed by atoms with E-state index in [9.17, 15) is 14.4 Å². The van der Waals surface area contributed by atoms with Crippen LogP contribution in [0.3, 0.4) is 0 Å². The van der Waals surface area contributed by atoms with Crippen LogP contribution in [0, 0.1) is 0 Å². The van der Waals surface area contributed by atoms with Crippen molar-refractivity contribution in [1.29, 1.82) is 0 Å². The number of carbonyl (C=O) groups excluding carboxylic acids is 2. The first-order valence-corrected chi connectivity index (χ1v) is 16.2. The highest BCUT2D eigenvalue weighted by Crippen LogP contribution is 2.37. The molecule has 0 N–H and O–H groups in total. The Morgan fingerprint density at radius 3 is 2.58 bits per heavy atom. The molecule has 2 aromatic heterocycles. The van der Waals surface area contributed by atoms with Crippen LogP contribution in [0.4, 0.5) is 0 Å². The van der Waals surface area contributed by atoms with Gasteiger partial charge in [-0.2, -0.15) is 0 Å². The monoisotopic (exact) mass is 645 g/mol. The minimum absolute atomic E-state index is 0.121. The number of carbonyl (C=O) groups is 2. The van der Waals surface area contributed by atoms with Crippen molar-refractivity contribution in [2.75, 3.05) is 46.6 Å². The van der Waals surface area contributed by atoms with Crippen molar-refractivity contribution < 1.29 is 28.5 Å². The summed E-state index contributed by atoms with van der Waals surface area (Å²) < 4.78 is 24.2. The molecule has 4 aromatic rings. The molecule has 10 nitrogen and oxygen atoms in total. The Kier molecular flexibility index (Phi) is 9.24. The van der Waals surface area contributed by atoms with Crippen LogP contribution >= 0.6 is 22.7 Å². The molecule has 232 valence electrons. The van der Waals surface area contributed by atoms with E-state index in [0.717, 1.165) is 10.4 Å². The van der Waals surface area contributed by atoms with Crippen LogP contribution in [0.1, 0.15) is 29.0 Å². The van der Waals surface area contributed by atoms with E-state index in [1.54, 1.807) is 40.7 Å². The van der Waals surface area contributed by atoms with Crippen LogP contribution < -0.4 is 24.4 Å². The van der Waals surface area contributed by atoms with Gasteiger partial charge in [0.05, 0.1) is 42.7 Å². The summed E-state index contributed by atoms with van der Waals surface area (Å²) in [5.74, 6) is 0.212. The van der Waals surface area contributed by atoms with Crippen LogP contribution in [0.25, 0.3) is 11.8 Å². The molecule has 0 unspecified atom stereocenters. The van der Waals surface area contributed by atoms with Gasteiger partial charge in [-0.25, -0.2) is 9.79 Å². The maximum atomic E-state index is 14.0. The molecule has 0 spiro atoms. The fourth-order valence-corrected chi connectivity index (χ4v) is 7.07. The lowest BCUT2D eigenvalue weighted by atomic mass is 9.97. The molecule has 4 heterocycles. The van der Waals surface area contributed by atoms with E-state index in [2.05, 4.69) is 0 Å². The number of esters is 1. The summed E-state index contributed by atoms with van der Waals surface area (Å²) in [7, 11) is 1.52. The average molecular weight is 646 g/mol. The molecule has 2 aliphatic rings. The van der Waals surface area contributed by atoms with Crippen LogP contribution in [0.5, 0.6) is 11.5 Å². The molecule has 6 rings (SSSR count). The quantitative estimate of drug-likeness (QED) is 0.257. The van der Waals surface area contributed by atoms with Gasteiger partial charge in [-0.3, -0.25) is 14.2 Å². The van der Waals surface area contributed by atoms with Gasteiger partial charge in [0.25, 0.3) is 11.5 Å². The van der Waals surface area contributed by atoms with Gasteiger partial charge >= 0.3 is 5.97 Å². The summed E-state index contributed by atoms with van der Waals surface area (Å²) in [6, 6.07) is 17.8. The van der Waals surface area contributed by atoms with E-state index in [1.807, 2.05) is 47.8 Å². The highest BCUT2D eigenvalue weighted by atomic mass is 32.1. The molecular formula is C33H31N3O7S2. The number of fused-ring (bicyclic) bond motifs is 1. The topological polar surface area (TPSA) is 109 Å². The van der Waals surface area contributed by atoms with Crippen molar-refractivity contribution in [2.24, 2.45) is 4.99 Å². The molecule has 45 heavy (non-hydrogen) atoms. The highest BCUT2D eigenvalue weighted by Gasteiger charge is 2.35. The van der Waals surface area contributed by atoms with Crippen molar-refractivity contribution in [1.82, 2.24) is 9.47 Å². The Hall–Kier alpha value is -4.52. The molecule has 0 aliphatic carbocycles. The standard InChI is InChI=1S/C33H31N3O7S2/c1-3-42-32(39)28-29(22-8-5-4-6-9-22)34-33-36(30(28)25-10-7-17-44-25)31(38)26(45-33)19-21-11-12-23(24(18-21)40-2)43-20-27(37)35-13-15-41-16-14-35/h4-12,17-19,30H,3,13-16,20H2,1-2H3/b26-19+/t30-/m0/s1. The van der Waals surface area contributed by atoms with E-state index >= 15 is 0 Å². The molecule has 12 heteroatoms. The van der Waals surface area contributed by atoms with E-state index in [-0.39, 0.29) is 24.7 Å². The molecule has 0 bridgehead atoms. The zero-order chi connectivity index (χ0) is 31.3. The third kappa shape index (κ3) is 6.35. The van der Waals surface area contributed by atoms with Gasteiger partial charge in [0.2, 0.25) is 0 Å². The second kappa shape index (κ2) is 13.6. The number of aromatic nitrogens is 1. The Morgan fingerprint density at radius 2 is 1.87 bits per heavy atom. The Morgan fingerprint density at radius 1 is 1.07 bits per heavy atom. The normalized spacial score (nSPS) is 16.6. The van der Waals surface area contributed by atoms with Gasteiger partial charge in [0, 0.05) is 23.5 Å². The first-order valence-electron chi connectivity index (χ1n) is 14.5. The average Bonchev–Trinajstić information content (AvgIpc) is 3.72. The Bertz CT molecular complexity index is 1910. The van der Waals surface area contributed by atoms with Crippen LogP contribution in [0.15, 0.2) is 81.4 Å². The SMILES string of the molecule is CCOC(=O)C1=C(c2ccccc2)N=c2s/c(=C/c3ccc(OCC(=O)N4CCOCC4)c(OC)c3)c(=O)n2[C@H]1c1cccs1. The fraction of sp³-hybridized carbons (Fsp3) is 0.273. The maximum Gasteiger partial charge on any atom is 0.338 e. The molecule has 0 saturated carbocycles. The molecule has 2 aliphatic heterocycles. The summed E-state index contributed by atoms with van der Waals surface area (Å²) in [6.45, 7) is 3.93. The van der Waals surface area contributed by atoms with Gasteiger partial charge in [-0.1, -0.05) is 53.8 Å². The van der Waals surface area contributed by atoms with Gasteiger partial charge in [0.15, 0.2) is 22.9 Å². The van der Waals surface area contributed by atoms with Crippen LogP contribution in [-0.2, 0) is 19.1 Å². The number of rotatable bonds is 9. The molecule has 2 aromatic carbocycles. The predicted octanol–water partition coefficient (Wildman–Crippen LogP) is 3.24. The number of benzene rings is 2. The highest BCUT2D eigenvalue weighted by molar-refractivity contribution is 7.10. The number of hydrogen-bond donors (Lipinski definition) is 0. The fourth-order valence-electron chi connectivity index (χ4n) is 5.24. The first-order chi connectivity index (χ1) is 22.0. The molecule has 1 atom stereocenters. The Labute approximate surface area is 267 Å². The van der Waals surface area contributed by atoms with Gasteiger partial charge in [0.1, 0.15) is 6.04 Å². The first kappa shape index (κ1) is 30.5. The second-order valence-electron chi connectivity index (χ2n) is 10.1. The third-order valence-electron chi connectivity index (χ3n) is 7.39. The van der Waals surface area contributed by atoms with Gasteiger partial charge in [-0.15, -0.1) is 11.3 Å². The van der Waals surface area contributed by atoms with E-state index < -0.39 is 12.0 Å². The summed E-state index contributed by atoms with van der Waals surface area (Å²) in [6.07, 6.45) is 1.76. The molecule has 1 amide bonds. The minimum atomic E-state index is -0.702. The number of methoxy groups -OCH3 is 1. The second-order valence-corrected chi connectivity index (χ2v) is 12.1. The number of morpholine rings is 1. The van der Waals surface area contributed by atoms with Gasteiger partial charge < -0.3 is 23.8 Å². The van der Waals surface area contributed by atoms with E-state index in [0.29, 0.717) is 64.0 Å². The van der Waals surface area contributed by atoms with Crippen molar-refractivity contribution in [3.8, 4) is 11.5 Å². The summed E-state index contributed by atoms with van der Waals surface area (Å²) in [5.41, 5.74) is 1.98. The molecule has 1 saturated heterocycles. The number of ether oxygens (including phenoxy) is 4. The zero-order valence-corrected chi connectivity index (χ0v) is 26.4. The van der Waals surface area contributed by atoms with Crippen molar-refractivity contribution in [2.45, 2.75) is 13.0 Å². The number of hydrogen-bond acceptors (Lipinski definition) is 10. The van der Waals surface area contributed by atoms with Crippen LogP contribution in [-0.4, -0.2) is 68.0 Å². The third-order valence-corrected chi connectivity index (χ3v) is 9.29. The minimum Gasteiger partial charge on any atom is -0.493 e. The molecule has 0 radical (unpaired) electrons. The number of thiophene rings is 1. The number of amides is 1. The number of thiazole rings is 1. The van der Waals surface area contributed by atoms with Crippen molar-refractivity contribution in [3.05, 3.63) is 107 Å². The smallest absolute Gasteiger partial charge is 0.338 e. The lowest BCUT2D eigenvalue weighted by Crippen LogP contribution is -2.43. The summed E-state index contributed by atoms with van der Waals surface area (Å²) in [5, 5.41) is 1.92. The maximum absolute atomic E-state index is 14.0. The van der Waals surface area contributed by atoms with Crippen molar-refractivity contribution >= 4 is 46.3 Å². The Balaban J connectivity index is 1.39. The largest absolute Gasteiger partial charge is 0.493 e. The van der Waals surface area contributed by atoms with Crippen molar-refractivity contribution in [3.63, 3.8) is 0 Å². The molecular weight excluding hydrogens is 615 g/mol. The predicted molar refractivity (Wildman–Crippen MR) is 171 cm³/mol. The lowest BCUT2D eigenvalue weighted by molar-refractivity contribution is -0.139. The van der Waals surface area contributed by atoms with Crippen LogP contribution in [0.2, 0.25) is 0 Å². The van der Waals surface area contributed by atoms with Gasteiger partial charge in [-0.05, 0) is 42.1 Å². The van der Waals surface area contributed by atoms with E-state index in [1.165, 1.54) is 29.8 Å². The summed E-state index contributed by atoms with van der Waals surface area (Å²) in [4.78, 5) is 48.0. The number of nitrogens with zero attached hydrogens (tertiary/aromatic N) is 3. The zero-order valence-electron chi connectivity index (χ0n) is 24.8. The lowest BCUT2D eigenvalue weighted by Gasteiger charge is -2.26. The van der Waals surface area contributed by atoms with E-state index in [4.69, 9.17) is 23.9 Å². The molecule has 1 fully saturated rings. The summed E-state index contributed by atoms with van der Waals surface area (Å²) >= 11 is 2.71.